The molecule has 1 aromatic carbocycles. The van der Waals surface area contributed by atoms with Gasteiger partial charge >= 0.3 is 0 Å². The second kappa shape index (κ2) is 6.44. The number of amides is 1. The number of nitrogens with zero attached hydrogens (tertiary/aromatic N) is 2. The van der Waals surface area contributed by atoms with E-state index in [2.05, 4.69) is 15.2 Å². The smallest absolute Gasteiger partial charge is 0.258 e. The van der Waals surface area contributed by atoms with Crippen LogP contribution in [0.1, 0.15) is 42.6 Å². The zero-order valence-corrected chi connectivity index (χ0v) is 15.5. The summed E-state index contributed by atoms with van der Waals surface area (Å²) in [5, 5.41) is 2.76. The molecule has 5 nitrogen and oxygen atoms in total. The number of nitrogens with one attached hydrogen (secondary N) is 1. The maximum absolute atomic E-state index is 13.8. The Labute approximate surface area is 157 Å². The fourth-order valence-corrected chi connectivity index (χ4v) is 3.54. The lowest BCUT2D eigenvalue weighted by atomic mass is 9.76. The van der Waals surface area contributed by atoms with Crippen LogP contribution in [-0.4, -0.2) is 29.8 Å². The van der Waals surface area contributed by atoms with Gasteiger partial charge in [0, 0.05) is 24.1 Å². The molecule has 2 heterocycles. The number of benzene rings is 1. The highest BCUT2D eigenvalue weighted by molar-refractivity contribution is 6.05. The zero-order valence-electron chi connectivity index (χ0n) is 15.5. The topological polar surface area (TPSA) is 62.3 Å². The van der Waals surface area contributed by atoms with Gasteiger partial charge in [0.1, 0.15) is 0 Å². The number of pyridine rings is 1. The van der Waals surface area contributed by atoms with Crippen molar-refractivity contribution in [1.29, 1.82) is 0 Å². The molecule has 0 radical (unpaired) electrons. The van der Waals surface area contributed by atoms with Crippen LogP contribution in [0, 0.1) is 11.7 Å². The molecule has 0 atom stereocenters. The van der Waals surface area contributed by atoms with E-state index >= 15 is 0 Å². The third-order valence-electron chi connectivity index (χ3n) is 5.49. The molecule has 0 bridgehead atoms. The van der Waals surface area contributed by atoms with Crippen LogP contribution >= 0.6 is 0 Å². The molecule has 1 amide bonds. The molecule has 0 spiro atoms. The Morgan fingerprint density at radius 1 is 1.33 bits per heavy atom. The Bertz CT molecular complexity index is 921. The normalized spacial score (nSPS) is 18.2. The van der Waals surface area contributed by atoms with E-state index in [9.17, 15) is 14.0 Å². The summed E-state index contributed by atoms with van der Waals surface area (Å²) in [6, 6.07) is 6.91. The molecule has 27 heavy (non-hydrogen) atoms. The van der Waals surface area contributed by atoms with E-state index in [-0.39, 0.29) is 11.3 Å². The predicted molar refractivity (Wildman–Crippen MR) is 102 cm³/mol. The lowest BCUT2D eigenvalue weighted by molar-refractivity contribution is -0.122. The largest absolute Gasteiger partial charge is 0.364 e. The Morgan fingerprint density at radius 3 is 2.81 bits per heavy atom. The summed E-state index contributed by atoms with van der Waals surface area (Å²) < 4.78 is 13.8. The summed E-state index contributed by atoms with van der Waals surface area (Å²) in [6.07, 6.45) is 4.80. The van der Waals surface area contributed by atoms with Crippen LogP contribution < -0.4 is 10.2 Å². The summed E-state index contributed by atoms with van der Waals surface area (Å²) in [6.45, 7) is 5.11. The quantitative estimate of drug-likeness (QED) is 0.898. The van der Waals surface area contributed by atoms with Crippen LogP contribution in [0.25, 0.3) is 0 Å². The van der Waals surface area contributed by atoms with Crippen LogP contribution in [0.15, 0.2) is 36.7 Å². The van der Waals surface area contributed by atoms with Crippen molar-refractivity contribution in [3.8, 4) is 0 Å². The van der Waals surface area contributed by atoms with Crippen molar-refractivity contribution in [1.82, 2.24) is 4.98 Å². The number of anilines is 2. The number of aromatic nitrogens is 1. The number of carbonyl (C=O) groups is 2. The number of carbonyl (C=O) groups excluding carboxylic acids is 2. The molecule has 1 aliphatic heterocycles. The van der Waals surface area contributed by atoms with E-state index in [4.69, 9.17) is 0 Å². The highest BCUT2D eigenvalue weighted by Crippen LogP contribution is 2.41. The number of hydrogen-bond donors (Lipinski definition) is 1. The van der Waals surface area contributed by atoms with Gasteiger partial charge in [0.05, 0.1) is 23.7 Å². The minimum absolute atomic E-state index is 0.0481. The van der Waals surface area contributed by atoms with Crippen molar-refractivity contribution in [3.05, 3.63) is 53.6 Å². The van der Waals surface area contributed by atoms with Gasteiger partial charge in [-0.05, 0) is 56.4 Å². The second-order valence-corrected chi connectivity index (χ2v) is 7.91. The molecular formula is C21H22FN3O2. The van der Waals surface area contributed by atoms with Crippen molar-refractivity contribution in [2.75, 3.05) is 23.3 Å². The highest BCUT2D eigenvalue weighted by Gasteiger charge is 2.40. The molecular weight excluding hydrogens is 345 g/mol. The standard InChI is InChI=1S/C21H22FN3O2/c1-21(2)16-6-5-14(24-20(27)15-7-8-23-10-17(15)22)9-18(16)25(12-19(21)26)11-13-3-4-13/h5-10,13H,3-4,11-12H2,1-2H3,(H,24,27). The SMILES string of the molecule is CC1(C)C(=O)CN(CC2CC2)c2cc(NC(=O)c3ccncc3F)ccc21. The van der Waals surface area contributed by atoms with Gasteiger partial charge in [-0.3, -0.25) is 14.6 Å². The van der Waals surface area contributed by atoms with Gasteiger partial charge in [0.25, 0.3) is 5.91 Å². The number of hydrogen-bond acceptors (Lipinski definition) is 4. The molecule has 4 rings (SSSR count). The maximum atomic E-state index is 13.8. The van der Waals surface area contributed by atoms with Gasteiger partial charge < -0.3 is 10.2 Å². The van der Waals surface area contributed by atoms with Crippen molar-refractivity contribution in [3.63, 3.8) is 0 Å². The number of rotatable bonds is 4. The van der Waals surface area contributed by atoms with Gasteiger partial charge in [0.15, 0.2) is 11.6 Å². The lowest BCUT2D eigenvalue weighted by Crippen LogP contribution is -2.46. The first-order valence-corrected chi connectivity index (χ1v) is 9.20. The van der Waals surface area contributed by atoms with E-state index in [0.29, 0.717) is 18.2 Å². The summed E-state index contributed by atoms with van der Waals surface area (Å²) >= 11 is 0. The molecule has 1 saturated carbocycles. The number of Topliss-reactive ketones (excluding diaryl/α,β-unsaturated/α-hetero) is 1. The first kappa shape index (κ1) is 17.6. The first-order valence-electron chi connectivity index (χ1n) is 9.20. The predicted octanol–water partition coefficient (Wildman–Crippen LogP) is 3.55. The van der Waals surface area contributed by atoms with E-state index in [1.807, 2.05) is 26.0 Å². The van der Waals surface area contributed by atoms with Crippen LogP contribution in [0.2, 0.25) is 0 Å². The zero-order chi connectivity index (χ0) is 19.2. The van der Waals surface area contributed by atoms with Crippen LogP contribution in [0.5, 0.6) is 0 Å². The van der Waals surface area contributed by atoms with Crippen molar-refractivity contribution in [2.24, 2.45) is 5.92 Å². The lowest BCUT2D eigenvalue weighted by Gasteiger charge is -2.39. The number of fused-ring (bicyclic) bond motifs is 1. The molecule has 0 saturated heterocycles. The van der Waals surface area contributed by atoms with E-state index in [0.717, 1.165) is 24.0 Å². The molecule has 6 heteroatoms. The van der Waals surface area contributed by atoms with Crippen LogP contribution in [-0.2, 0) is 10.2 Å². The van der Waals surface area contributed by atoms with Crippen LogP contribution in [0.4, 0.5) is 15.8 Å². The fourth-order valence-electron chi connectivity index (χ4n) is 3.54. The minimum Gasteiger partial charge on any atom is -0.364 e. The molecule has 1 fully saturated rings. The summed E-state index contributed by atoms with van der Waals surface area (Å²) in [5.74, 6) is -0.341. The van der Waals surface area contributed by atoms with Gasteiger partial charge in [-0.1, -0.05) is 6.07 Å². The van der Waals surface area contributed by atoms with Crippen molar-refractivity contribution in [2.45, 2.75) is 32.1 Å². The summed E-state index contributed by atoms with van der Waals surface area (Å²) in [7, 11) is 0. The van der Waals surface area contributed by atoms with Gasteiger partial charge in [-0.2, -0.15) is 0 Å². The number of ketones is 1. The minimum atomic E-state index is -0.657. The summed E-state index contributed by atoms with van der Waals surface area (Å²) in [4.78, 5) is 30.8. The van der Waals surface area contributed by atoms with Gasteiger partial charge in [-0.25, -0.2) is 4.39 Å². The first-order chi connectivity index (χ1) is 12.9. The Kier molecular flexibility index (Phi) is 4.21. The molecule has 0 unspecified atom stereocenters. The van der Waals surface area contributed by atoms with E-state index in [1.165, 1.54) is 25.1 Å². The Hall–Kier alpha value is -2.76. The number of halogens is 1. The van der Waals surface area contributed by atoms with Crippen molar-refractivity contribution >= 4 is 23.1 Å². The third-order valence-corrected chi connectivity index (χ3v) is 5.49. The average molecular weight is 367 g/mol. The Balaban J connectivity index is 1.65. The second-order valence-electron chi connectivity index (χ2n) is 7.91. The van der Waals surface area contributed by atoms with E-state index < -0.39 is 17.1 Å². The van der Waals surface area contributed by atoms with Gasteiger partial charge in [-0.15, -0.1) is 0 Å². The molecule has 1 aliphatic carbocycles. The molecule has 1 aromatic heterocycles. The Morgan fingerprint density at radius 2 is 2.11 bits per heavy atom. The fraction of sp³-hybridized carbons (Fsp3) is 0.381. The van der Waals surface area contributed by atoms with E-state index in [1.54, 1.807) is 6.07 Å². The summed E-state index contributed by atoms with van der Waals surface area (Å²) in [5.41, 5.74) is 1.91. The van der Waals surface area contributed by atoms with Gasteiger partial charge in [0.2, 0.25) is 0 Å². The molecule has 2 aromatic rings. The monoisotopic (exact) mass is 367 g/mol. The third kappa shape index (κ3) is 3.31. The average Bonchev–Trinajstić information content (AvgIpc) is 3.44. The van der Waals surface area contributed by atoms with Crippen molar-refractivity contribution < 1.29 is 14.0 Å². The maximum Gasteiger partial charge on any atom is 0.258 e. The highest BCUT2D eigenvalue weighted by atomic mass is 19.1. The molecule has 140 valence electrons. The molecule has 1 N–H and O–H groups in total. The molecule has 2 aliphatic rings. The van der Waals surface area contributed by atoms with Crippen LogP contribution in [0.3, 0.4) is 0 Å².